The molecule has 0 aliphatic rings. The molecular weight excluding hydrogens is 326 g/mol. The highest BCUT2D eigenvalue weighted by molar-refractivity contribution is 5.93. The molecule has 2 rings (SSSR count). The van der Waals surface area contributed by atoms with Gasteiger partial charge in [-0.3, -0.25) is 9.59 Å². The molecule has 1 aromatic heterocycles. The zero-order chi connectivity index (χ0) is 18.4. The van der Waals surface area contributed by atoms with E-state index in [2.05, 4.69) is 15.5 Å². The molecule has 0 fully saturated rings. The van der Waals surface area contributed by atoms with Gasteiger partial charge in [-0.1, -0.05) is 12.1 Å². The normalized spacial score (nSPS) is 12.8. The van der Waals surface area contributed by atoms with Gasteiger partial charge in [0.1, 0.15) is 5.75 Å². The van der Waals surface area contributed by atoms with Crippen molar-refractivity contribution in [2.75, 3.05) is 14.2 Å². The van der Waals surface area contributed by atoms with E-state index in [9.17, 15) is 14.7 Å². The number of aromatic nitrogens is 2. The van der Waals surface area contributed by atoms with Crippen molar-refractivity contribution in [1.82, 2.24) is 15.5 Å². The number of carbonyl (C=O) groups excluding carboxylic acids is 1. The predicted molar refractivity (Wildman–Crippen MR) is 88.6 cm³/mol. The van der Waals surface area contributed by atoms with Crippen molar-refractivity contribution in [3.05, 3.63) is 47.7 Å². The summed E-state index contributed by atoms with van der Waals surface area (Å²) in [5.41, 5.74) is -0.497. The summed E-state index contributed by atoms with van der Waals surface area (Å²) in [6, 6.07) is 9.83. The van der Waals surface area contributed by atoms with Gasteiger partial charge >= 0.3 is 5.97 Å². The highest BCUT2D eigenvalue weighted by Crippen LogP contribution is 2.28. The lowest BCUT2D eigenvalue weighted by Gasteiger charge is -2.30. The highest BCUT2D eigenvalue weighted by atomic mass is 16.5. The fraction of sp³-hybridized carbons (Fsp3) is 0.294. The lowest BCUT2D eigenvalue weighted by Crippen LogP contribution is -2.45. The Balaban J connectivity index is 2.32. The molecular formula is C17H19N3O5. The second kappa shape index (κ2) is 7.61. The van der Waals surface area contributed by atoms with Crippen LogP contribution in [0, 0.1) is 0 Å². The van der Waals surface area contributed by atoms with Gasteiger partial charge in [-0.25, -0.2) is 0 Å². The Morgan fingerprint density at radius 1 is 1.16 bits per heavy atom. The van der Waals surface area contributed by atoms with Gasteiger partial charge in [0, 0.05) is 6.07 Å². The van der Waals surface area contributed by atoms with Gasteiger partial charge in [-0.05, 0) is 30.7 Å². The summed E-state index contributed by atoms with van der Waals surface area (Å²) in [6.45, 7) is 1.63. The molecule has 0 aliphatic heterocycles. The molecule has 8 nitrogen and oxygen atoms in total. The summed E-state index contributed by atoms with van der Waals surface area (Å²) < 4.78 is 10.1. The molecule has 0 spiro atoms. The van der Waals surface area contributed by atoms with Crippen LogP contribution < -0.4 is 14.8 Å². The SMILES string of the molecule is COc1cccc(C(C)(CC(=O)O)NC(=O)c2ccc(OC)nn2)c1. The maximum absolute atomic E-state index is 12.5. The number of nitrogens with zero attached hydrogens (tertiary/aromatic N) is 2. The first-order valence-corrected chi connectivity index (χ1v) is 7.44. The van der Waals surface area contributed by atoms with Crippen LogP contribution >= 0.6 is 0 Å². The fourth-order valence-electron chi connectivity index (χ4n) is 2.35. The number of amides is 1. The largest absolute Gasteiger partial charge is 0.497 e. The molecule has 132 valence electrons. The topological polar surface area (TPSA) is 111 Å². The molecule has 8 heteroatoms. The lowest BCUT2D eigenvalue weighted by atomic mass is 9.88. The van der Waals surface area contributed by atoms with Gasteiger partial charge in [0.25, 0.3) is 5.91 Å². The van der Waals surface area contributed by atoms with Gasteiger partial charge in [0.2, 0.25) is 5.88 Å². The molecule has 0 bridgehead atoms. The van der Waals surface area contributed by atoms with E-state index >= 15 is 0 Å². The molecule has 0 saturated heterocycles. The minimum absolute atomic E-state index is 0.0558. The average molecular weight is 345 g/mol. The van der Waals surface area contributed by atoms with Crippen molar-refractivity contribution in [3.63, 3.8) is 0 Å². The van der Waals surface area contributed by atoms with Crippen molar-refractivity contribution < 1.29 is 24.2 Å². The van der Waals surface area contributed by atoms with Crippen LogP contribution in [0.3, 0.4) is 0 Å². The Morgan fingerprint density at radius 3 is 2.48 bits per heavy atom. The number of carboxylic acids is 1. The summed E-state index contributed by atoms with van der Waals surface area (Å²) in [5.74, 6) is -0.751. The number of carboxylic acid groups (broad SMARTS) is 1. The molecule has 0 aliphatic carbocycles. The maximum Gasteiger partial charge on any atom is 0.306 e. The molecule has 25 heavy (non-hydrogen) atoms. The standard InChI is InChI=1S/C17H19N3O5/c1-17(10-15(21)22,11-5-4-6-12(9-11)24-2)18-16(23)13-7-8-14(25-3)20-19-13/h4-9H,10H2,1-3H3,(H,18,23)(H,21,22). The number of methoxy groups -OCH3 is 2. The first-order chi connectivity index (χ1) is 11.9. The molecule has 1 aromatic carbocycles. The molecule has 0 radical (unpaired) electrons. The monoisotopic (exact) mass is 345 g/mol. The van der Waals surface area contributed by atoms with Crippen LogP contribution in [0.15, 0.2) is 36.4 Å². The van der Waals surface area contributed by atoms with Crippen LogP contribution in [0.4, 0.5) is 0 Å². The molecule has 1 atom stereocenters. The van der Waals surface area contributed by atoms with Crippen molar-refractivity contribution in [1.29, 1.82) is 0 Å². The Labute approximate surface area is 144 Å². The average Bonchev–Trinajstić information content (AvgIpc) is 2.61. The third-order valence-corrected chi connectivity index (χ3v) is 3.68. The van der Waals surface area contributed by atoms with Crippen LogP contribution in [-0.4, -0.2) is 41.4 Å². The summed E-state index contributed by atoms with van der Waals surface area (Å²) in [7, 11) is 2.95. The fourth-order valence-corrected chi connectivity index (χ4v) is 2.35. The van der Waals surface area contributed by atoms with Crippen LogP contribution in [0.25, 0.3) is 0 Å². The summed E-state index contributed by atoms with van der Waals surface area (Å²) in [6.07, 6.45) is -0.310. The van der Waals surface area contributed by atoms with Crippen LogP contribution in [0.1, 0.15) is 29.4 Å². The van der Waals surface area contributed by atoms with Crippen LogP contribution in [-0.2, 0) is 10.3 Å². The van der Waals surface area contributed by atoms with Gasteiger partial charge < -0.3 is 19.9 Å². The third-order valence-electron chi connectivity index (χ3n) is 3.68. The maximum atomic E-state index is 12.5. The Bertz CT molecular complexity index is 763. The van der Waals surface area contributed by atoms with E-state index in [4.69, 9.17) is 9.47 Å². The van der Waals surface area contributed by atoms with Crippen molar-refractivity contribution in [2.24, 2.45) is 0 Å². The van der Waals surface area contributed by atoms with Crippen LogP contribution in [0.5, 0.6) is 11.6 Å². The number of hydrogen-bond donors (Lipinski definition) is 2. The Kier molecular flexibility index (Phi) is 5.53. The highest BCUT2D eigenvalue weighted by Gasteiger charge is 2.32. The molecule has 1 unspecified atom stereocenters. The molecule has 1 heterocycles. The number of ether oxygens (including phenoxy) is 2. The second-order valence-corrected chi connectivity index (χ2v) is 5.55. The van der Waals surface area contributed by atoms with Gasteiger partial charge in [0.05, 0.1) is 26.2 Å². The van der Waals surface area contributed by atoms with E-state index in [0.29, 0.717) is 11.3 Å². The minimum Gasteiger partial charge on any atom is -0.497 e. The van der Waals surface area contributed by atoms with Gasteiger partial charge in [-0.2, -0.15) is 0 Å². The number of carbonyl (C=O) groups is 2. The number of nitrogens with one attached hydrogen (secondary N) is 1. The lowest BCUT2D eigenvalue weighted by molar-refractivity contribution is -0.138. The number of rotatable bonds is 7. The molecule has 1 amide bonds. The third kappa shape index (κ3) is 4.43. The molecule has 0 saturated carbocycles. The Hall–Kier alpha value is -3.16. The first-order valence-electron chi connectivity index (χ1n) is 7.44. The summed E-state index contributed by atoms with van der Waals surface area (Å²) in [5, 5.41) is 19.5. The summed E-state index contributed by atoms with van der Waals surface area (Å²) in [4.78, 5) is 23.8. The quantitative estimate of drug-likeness (QED) is 0.784. The smallest absolute Gasteiger partial charge is 0.306 e. The first kappa shape index (κ1) is 18.2. The van der Waals surface area contributed by atoms with Gasteiger partial charge in [0.15, 0.2) is 5.69 Å². The van der Waals surface area contributed by atoms with E-state index in [1.54, 1.807) is 31.2 Å². The van der Waals surface area contributed by atoms with E-state index < -0.39 is 17.4 Å². The minimum atomic E-state index is -1.15. The van der Waals surface area contributed by atoms with E-state index in [1.807, 2.05) is 0 Å². The molecule has 2 aromatic rings. The zero-order valence-electron chi connectivity index (χ0n) is 14.1. The van der Waals surface area contributed by atoms with Crippen molar-refractivity contribution in [3.8, 4) is 11.6 Å². The van der Waals surface area contributed by atoms with E-state index in [1.165, 1.54) is 26.4 Å². The number of benzene rings is 1. The van der Waals surface area contributed by atoms with Crippen LogP contribution in [0.2, 0.25) is 0 Å². The van der Waals surface area contributed by atoms with E-state index in [-0.39, 0.29) is 18.0 Å². The Morgan fingerprint density at radius 2 is 1.92 bits per heavy atom. The number of aliphatic carboxylic acids is 1. The summed E-state index contributed by atoms with van der Waals surface area (Å²) >= 11 is 0. The van der Waals surface area contributed by atoms with Crippen molar-refractivity contribution in [2.45, 2.75) is 18.9 Å². The second-order valence-electron chi connectivity index (χ2n) is 5.55. The van der Waals surface area contributed by atoms with Crippen molar-refractivity contribution >= 4 is 11.9 Å². The zero-order valence-corrected chi connectivity index (χ0v) is 14.1. The van der Waals surface area contributed by atoms with E-state index in [0.717, 1.165) is 0 Å². The predicted octanol–water partition coefficient (Wildman–Crippen LogP) is 1.61. The number of hydrogen-bond acceptors (Lipinski definition) is 6. The van der Waals surface area contributed by atoms with Gasteiger partial charge in [-0.15, -0.1) is 10.2 Å². The molecule has 2 N–H and O–H groups in total.